The van der Waals surface area contributed by atoms with E-state index in [9.17, 15) is 0 Å². The Bertz CT molecular complexity index is 1230. The summed E-state index contributed by atoms with van der Waals surface area (Å²) >= 11 is 0. The van der Waals surface area contributed by atoms with Gasteiger partial charge in [0.2, 0.25) is 5.95 Å². The number of likely N-dealkylation sites (tertiary alicyclic amines) is 1. The van der Waals surface area contributed by atoms with E-state index in [-0.39, 0.29) is 0 Å². The van der Waals surface area contributed by atoms with Crippen molar-refractivity contribution in [2.24, 2.45) is 0 Å². The quantitative estimate of drug-likeness (QED) is 0.550. The Balaban J connectivity index is 1.27. The highest BCUT2D eigenvalue weighted by molar-refractivity contribution is 5.94. The van der Waals surface area contributed by atoms with E-state index < -0.39 is 0 Å². The van der Waals surface area contributed by atoms with Gasteiger partial charge in [-0.05, 0) is 31.2 Å². The van der Waals surface area contributed by atoms with Crippen molar-refractivity contribution in [2.45, 2.75) is 18.5 Å². The van der Waals surface area contributed by atoms with E-state index in [0.29, 0.717) is 17.9 Å². The molecule has 154 valence electrons. The summed E-state index contributed by atoms with van der Waals surface area (Å²) in [6, 6.07) is 9.32. The standard InChI is InChI=1S/C23H22N8/c1-30-13-18-9-17(30)14-31(18)23-27-10-16(11-28-23)15-2-3-19-20(4-5-25-21(19)8-15)29-22-12-24-6-7-26-22/h2-8,10-12,17-18H,9,13-14H2,1H3,(H,25,26,29)/t17-,18-/m0/s1. The number of nitrogens with zero attached hydrogens (tertiary/aromatic N) is 7. The lowest BCUT2D eigenvalue weighted by Gasteiger charge is -2.31. The van der Waals surface area contributed by atoms with Crippen molar-refractivity contribution in [1.82, 2.24) is 29.8 Å². The van der Waals surface area contributed by atoms with Crippen molar-refractivity contribution >= 4 is 28.4 Å². The van der Waals surface area contributed by atoms with Crippen molar-refractivity contribution in [3.05, 3.63) is 61.4 Å². The fourth-order valence-electron chi connectivity index (χ4n) is 4.67. The zero-order valence-electron chi connectivity index (χ0n) is 17.2. The second-order valence-electron chi connectivity index (χ2n) is 8.21. The third-order valence-electron chi connectivity index (χ3n) is 6.31. The number of pyridine rings is 1. The molecule has 2 atom stereocenters. The van der Waals surface area contributed by atoms with Crippen LogP contribution in [0.4, 0.5) is 17.5 Å². The van der Waals surface area contributed by atoms with Crippen LogP contribution in [-0.4, -0.2) is 62.0 Å². The molecule has 4 aromatic rings. The summed E-state index contributed by atoms with van der Waals surface area (Å²) in [7, 11) is 2.20. The predicted molar refractivity (Wildman–Crippen MR) is 120 cm³/mol. The lowest BCUT2D eigenvalue weighted by molar-refractivity contribution is 0.291. The Morgan fingerprint density at radius 2 is 1.77 bits per heavy atom. The van der Waals surface area contributed by atoms with Gasteiger partial charge in [-0.25, -0.2) is 15.0 Å². The van der Waals surface area contributed by atoms with Crippen LogP contribution in [0.2, 0.25) is 0 Å². The van der Waals surface area contributed by atoms with Crippen molar-refractivity contribution in [1.29, 1.82) is 0 Å². The minimum Gasteiger partial charge on any atom is -0.338 e. The molecule has 0 saturated carbocycles. The number of anilines is 3. The van der Waals surface area contributed by atoms with Crippen LogP contribution in [0, 0.1) is 0 Å². The zero-order chi connectivity index (χ0) is 20.8. The molecule has 0 spiro atoms. The van der Waals surface area contributed by atoms with Crippen LogP contribution >= 0.6 is 0 Å². The number of fused-ring (bicyclic) bond motifs is 3. The Kier molecular flexibility index (Phi) is 4.24. The fraction of sp³-hybridized carbons (Fsp3) is 0.261. The van der Waals surface area contributed by atoms with Gasteiger partial charge in [0, 0.05) is 67.1 Å². The minimum atomic E-state index is 0.533. The molecule has 0 aliphatic carbocycles. The maximum absolute atomic E-state index is 4.68. The number of hydrogen-bond donors (Lipinski definition) is 1. The summed E-state index contributed by atoms with van der Waals surface area (Å²) in [6.45, 7) is 2.11. The Labute approximate surface area is 180 Å². The molecule has 0 amide bonds. The van der Waals surface area contributed by atoms with Gasteiger partial charge < -0.3 is 10.2 Å². The highest BCUT2D eigenvalue weighted by atomic mass is 15.4. The first-order valence-electron chi connectivity index (χ1n) is 10.5. The Morgan fingerprint density at radius 3 is 2.52 bits per heavy atom. The van der Waals surface area contributed by atoms with Gasteiger partial charge in [0.25, 0.3) is 0 Å². The first-order valence-corrected chi connectivity index (χ1v) is 10.5. The van der Waals surface area contributed by atoms with Gasteiger partial charge in [0.1, 0.15) is 5.82 Å². The van der Waals surface area contributed by atoms with E-state index in [1.165, 1.54) is 6.42 Å². The first kappa shape index (κ1) is 18.1. The van der Waals surface area contributed by atoms with Crippen LogP contribution in [0.15, 0.2) is 61.4 Å². The van der Waals surface area contributed by atoms with Gasteiger partial charge >= 0.3 is 0 Å². The SMILES string of the molecule is CN1C[C@@H]2C[C@H]1CN2c1ncc(-c2ccc3c(Nc4cnccn4)ccnc3c2)cn1. The monoisotopic (exact) mass is 410 g/mol. The van der Waals surface area contributed by atoms with Gasteiger partial charge in [-0.1, -0.05) is 12.1 Å². The molecule has 31 heavy (non-hydrogen) atoms. The van der Waals surface area contributed by atoms with Crippen LogP contribution in [0.25, 0.3) is 22.0 Å². The van der Waals surface area contributed by atoms with Crippen LogP contribution in [0.3, 0.4) is 0 Å². The van der Waals surface area contributed by atoms with Crippen LogP contribution in [0.5, 0.6) is 0 Å². The second kappa shape index (κ2) is 7.24. The molecule has 5 heterocycles. The van der Waals surface area contributed by atoms with Gasteiger partial charge in [-0.3, -0.25) is 14.9 Å². The number of benzene rings is 1. The molecule has 2 saturated heterocycles. The molecule has 6 rings (SSSR count). The van der Waals surface area contributed by atoms with E-state index in [0.717, 1.165) is 46.8 Å². The first-order chi connectivity index (χ1) is 15.2. The average molecular weight is 410 g/mol. The average Bonchev–Trinajstić information content (AvgIpc) is 3.39. The zero-order valence-corrected chi connectivity index (χ0v) is 17.2. The molecule has 2 bridgehead atoms. The molecule has 1 aromatic carbocycles. The Hall–Kier alpha value is -3.65. The molecular weight excluding hydrogens is 388 g/mol. The second-order valence-corrected chi connectivity index (χ2v) is 8.21. The molecule has 8 heteroatoms. The van der Waals surface area contributed by atoms with E-state index in [1.54, 1.807) is 24.8 Å². The van der Waals surface area contributed by atoms with Gasteiger partial charge in [-0.15, -0.1) is 0 Å². The summed E-state index contributed by atoms with van der Waals surface area (Å²) in [5.41, 5.74) is 3.88. The summed E-state index contributed by atoms with van der Waals surface area (Å²) < 4.78 is 0. The highest BCUT2D eigenvalue weighted by Gasteiger charge is 2.42. The molecule has 2 aliphatic rings. The molecule has 2 fully saturated rings. The molecule has 3 aromatic heterocycles. The number of likely N-dealkylation sites (N-methyl/N-ethyl adjacent to an activating group) is 1. The maximum atomic E-state index is 4.68. The number of piperazine rings is 1. The van der Waals surface area contributed by atoms with E-state index in [4.69, 9.17) is 0 Å². The molecule has 1 N–H and O–H groups in total. The van der Waals surface area contributed by atoms with E-state index in [2.05, 4.69) is 65.3 Å². The van der Waals surface area contributed by atoms with Crippen molar-refractivity contribution in [3.8, 4) is 11.1 Å². The third-order valence-corrected chi connectivity index (χ3v) is 6.31. The maximum Gasteiger partial charge on any atom is 0.225 e. The lowest BCUT2D eigenvalue weighted by atomic mass is 10.1. The Morgan fingerprint density at radius 1 is 0.871 bits per heavy atom. The normalized spacial score (nSPS) is 20.5. The molecule has 2 aliphatic heterocycles. The lowest BCUT2D eigenvalue weighted by Crippen LogP contribution is -2.45. The van der Waals surface area contributed by atoms with Crippen molar-refractivity contribution < 1.29 is 0 Å². The van der Waals surface area contributed by atoms with Gasteiger partial charge in [0.15, 0.2) is 0 Å². The number of hydrogen-bond acceptors (Lipinski definition) is 8. The fourth-order valence-corrected chi connectivity index (χ4v) is 4.67. The van der Waals surface area contributed by atoms with Crippen molar-refractivity contribution in [3.63, 3.8) is 0 Å². The van der Waals surface area contributed by atoms with Crippen molar-refractivity contribution in [2.75, 3.05) is 30.4 Å². The minimum absolute atomic E-state index is 0.533. The summed E-state index contributed by atoms with van der Waals surface area (Å²) in [5, 5.41) is 4.33. The summed E-state index contributed by atoms with van der Waals surface area (Å²) in [4.78, 5) is 27.1. The number of aromatic nitrogens is 5. The molecule has 0 radical (unpaired) electrons. The number of rotatable bonds is 4. The predicted octanol–water partition coefficient (Wildman–Crippen LogP) is 3.12. The van der Waals surface area contributed by atoms with Crippen LogP contribution in [0.1, 0.15) is 6.42 Å². The van der Waals surface area contributed by atoms with E-state index in [1.807, 2.05) is 18.5 Å². The van der Waals surface area contributed by atoms with Gasteiger partial charge in [-0.2, -0.15) is 0 Å². The molecule has 0 unspecified atom stereocenters. The van der Waals surface area contributed by atoms with Crippen LogP contribution in [-0.2, 0) is 0 Å². The summed E-state index contributed by atoms with van der Waals surface area (Å²) in [6.07, 6.45) is 11.9. The molecule has 8 nitrogen and oxygen atoms in total. The third kappa shape index (κ3) is 3.25. The van der Waals surface area contributed by atoms with Crippen LogP contribution < -0.4 is 10.2 Å². The smallest absolute Gasteiger partial charge is 0.225 e. The van der Waals surface area contributed by atoms with E-state index >= 15 is 0 Å². The summed E-state index contributed by atoms with van der Waals surface area (Å²) in [5.74, 6) is 1.53. The largest absolute Gasteiger partial charge is 0.338 e. The number of nitrogens with one attached hydrogen (secondary N) is 1. The topological polar surface area (TPSA) is 83.0 Å². The van der Waals surface area contributed by atoms with Gasteiger partial charge in [0.05, 0.1) is 17.4 Å². The molecular formula is C23H22N8. The highest BCUT2D eigenvalue weighted by Crippen LogP contribution is 2.33.